The van der Waals surface area contributed by atoms with Gasteiger partial charge in [-0.1, -0.05) is 53.5 Å². The molecule has 0 spiro atoms. The average Bonchev–Trinajstić information content (AvgIpc) is 2.62. The average molecular weight is 389 g/mol. The summed E-state index contributed by atoms with van der Waals surface area (Å²) < 4.78 is 5.01. The van der Waals surface area contributed by atoms with Gasteiger partial charge in [-0.2, -0.15) is 0 Å². The summed E-state index contributed by atoms with van der Waals surface area (Å²) in [7, 11) is 0. The van der Waals surface area contributed by atoms with Gasteiger partial charge in [0.05, 0.1) is 17.3 Å². The van der Waals surface area contributed by atoms with E-state index in [9.17, 15) is 9.59 Å². The van der Waals surface area contributed by atoms with Gasteiger partial charge in [0.2, 0.25) is 0 Å². The number of esters is 1. The molecule has 0 aliphatic heterocycles. The van der Waals surface area contributed by atoms with Crippen molar-refractivity contribution < 1.29 is 9.53 Å². The molecule has 0 bridgehead atoms. The Balaban J connectivity index is 2.29. The number of aromatic amines is 1. The lowest BCUT2D eigenvalue weighted by molar-refractivity contribution is 0.0525. The summed E-state index contributed by atoms with van der Waals surface area (Å²) in [6.07, 6.45) is 0. The van der Waals surface area contributed by atoms with E-state index in [1.807, 2.05) is 18.2 Å². The first kappa shape index (κ1) is 18.2. The van der Waals surface area contributed by atoms with Crippen molar-refractivity contribution in [3.63, 3.8) is 0 Å². The van der Waals surface area contributed by atoms with Crippen LogP contribution in [-0.2, 0) is 4.74 Å². The first-order valence-corrected chi connectivity index (χ1v) is 8.59. The second-order valence-electron chi connectivity index (χ2n) is 5.35. The van der Waals surface area contributed by atoms with E-state index in [2.05, 4.69) is 9.97 Å². The molecule has 1 N–H and O–H groups in total. The molecule has 0 aliphatic rings. The maximum atomic E-state index is 12.6. The Morgan fingerprint density at radius 2 is 1.88 bits per heavy atom. The van der Waals surface area contributed by atoms with Gasteiger partial charge in [-0.05, 0) is 25.1 Å². The zero-order valence-corrected chi connectivity index (χ0v) is 15.3. The summed E-state index contributed by atoms with van der Waals surface area (Å²) in [5, 5.41) is 0.713. The van der Waals surface area contributed by atoms with Crippen molar-refractivity contribution in [1.29, 1.82) is 0 Å². The lowest BCUT2D eigenvalue weighted by Gasteiger charge is -2.11. The second-order valence-corrected chi connectivity index (χ2v) is 6.19. The van der Waals surface area contributed by atoms with Crippen molar-refractivity contribution in [2.45, 2.75) is 6.92 Å². The zero-order valence-electron chi connectivity index (χ0n) is 13.8. The predicted octanol–water partition coefficient (Wildman–Crippen LogP) is 4.59. The molecule has 0 aliphatic carbocycles. The van der Waals surface area contributed by atoms with Crippen molar-refractivity contribution in [3.8, 4) is 22.6 Å². The molecule has 2 aromatic carbocycles. The molecule has 3 aromatic rings. The Kier molecular flexibility index (Phi) is 5.40. The SMILES string of the molecule is CCOC(=O)c1c(-c2ccc(Cl)cc2Cl)nc(-c2ccccc2)[nH]c1=O. The molecule has 1 heterocycles. The Morgan fingerprint density at radius 3 is 2.54 bits per heavy atom. The van der Waals surface area contributed by atoms with Crippen LogP contribution in [0, 0.1) is 0 Å². The van der Waals surface area contributed by atoms with Gasteiger partial charge in [0.1, 0.15) is 5.82 Å². The molecule has 1 aromatic heterocycles. The first-order chi connectivity index (χ1) is 12.5. The number of ether oxygens (including phenoxy) is 1. The predicted molar refractivity (Wildman–Crippen MR) is 102 cm³/mol. The number of hydrogen-bond donors (Lipinski definition) is 1. The molecule has 0 atom stereocenters. The van der Waals surface area contributed by atoms with Crippen LogP contribution >= 0.6 is 23.2 Å². The normalized spacial score (nSPS) is 10.6. The summed E-state index contributed by atoms with van der Waals surface area (Å²) in [6.45, 7) is 1.79. The third-order valence-corrected chi connectivity index (χ3v) is 4.18. The van der Waals surface area contributed by atoms with Crippen LogP contribution in [0.3, 0.4) is 0 Å². The molecule has 3 rings (SSSR count). The van der Waals surface area contributed by atoms with Gasteiger partial charge in [0.25, 0.3) is 5.56 Å². The fraction of sp³-hybridized carbons (Fsp3) is 0.105. The number of halogens is 2. The highest BCUT2D eigenvalue weighted by Crippen LogP contribution is 2.31. The van der Waals surface area contributed by atoms with Gasteiger partial charge in [0, 0.05) is 16.1 Å². The number of H-pyrrole nitrogens is 1. The van der Waals surface area contributed by atoms with E-state index in [0.29, 0.717) is 22.0 Å². The number of hydrogen-bond acceptors (Lipinski definition) is 4. The molecule has 0 saturated heterocycles. The van der Waals surface area contributed by atoms with Crippen LogP contribution in [0.2, 0.25) is 10.0 Å². The van der Waals surface area contributed by atoms with E-state index >= 15 is 0 Å². The molecular weight excluding hydrogens is 375 g/mol. The number of rotatable bonds is 4. The van der Waals surface area contributed by atoms with E-state index in [1.54, 1.807) is 31.2 Å². The maximum Gasteiger partial charge on any atom is 0.346 e. The summed E-state index contributed by atoms with van der Waals surface area (Å²) >= 11 is 12.2. The summed E-state index contributed by atoms with van der Waals surface area (Å²) in [5.41, 5.74) is 0.468. The van der Waals surface area contributed by atoms with Gasteiger partial charge in [-0.15, -0.1) is 0 Å². The van der Waals surface area contributed by atoms with Gasteiger partial charge >= 0.3 is 5.97 Å². The third-order valence-electron chi connectivity index (χ3n) is 3.63. The van der Waals surface area contributed by atoms with Gasteiger partial charge in [-0.3, -0.25) is 4.79 Å². The number of carbonyl (C=O) groups is 1. The number of benzene rings is 2. The van der Waals surface area contributed by atoms with E-state index in [4.69, 9.17) is 27.9 Å². The third kappa shape index (κ3) is 3.64. The minimum atomic E-state index is -0.762. The van der Waals surface area contributed by atoms with Crippen LogP contribution in [0.15, 0.2) is 53.3 Å². The summed E-state index contributed by atoms with van der Waals surface area (Å²) in [5.74, 6) is -0.438. The van der Waals surface area contributed by atoms with Gasteiger partial charge < -0.3 is 9.72 Å². The van der Waals surface area contributed by atoms with E-state index in [1.165, 1.54) is 6.07 Å². The van der Waals surface area contributed by atoms with Crippen molar-refractivity contribution in [1.82, 2.24) is 9.97 Å². The summed E-state index contributed by atoms with van der Waals surface area (Å²) in [6, 6.07) is 13.9. The van der Waals surface area contributed by atoms with Crippen LogP contribution in [0.25, 0.3) is 22.6 Å². The number of aromatic nitrogens is 2. The topological polar surface area (TPSA) is 72.0 Å². The molecule has 0 amide bonds. The van der Waals surface area contributed by atoms with Crippen molar-refractivity contribution in [2.24, 2.45) is 0 Å². The number of nitrogens with zero attached hydrogens (tertiary/aromatic N) is 1. The van der Waals surface area contributed by atoms with Crippen molar-refractivity contribution in [2.75, 3.05) is 6.61 Å². The van der Waals surface area contributed by atoms with Crippen LogP contribution in [-0.4, -0.2) is 22.5 Å². The fourth-order valence-corrected chi connectivity index (χ4v) is 2.97. The standard InChI is InChI=1S/C19H14Cl2N2O3/c1-2-26-19(25)15-16(13-9-8-12(20)10-14(13)21)22-17(23-18(15)24)11-6-4-3-5-7-11/h3-10H,2H2,1H3,(H,22,23,24). The van der Waals surface area contributed by atoms with Crippen molar-refractivity contribution >= 4 is 29.2 Å². The fourth-order valence-electron chi connectivity index (χ4n) is 2.48. The molecule has 26 heavy (non-hydrogen) atoms. The Bertz CT molecular complexity index is 1020. The molecule has 5 nitrogen and oxygen atoms in total. The van der Waals surface area contributed by atoms with Gasteiger partial charge in [-0.25, -0.2) is 9.78 Å². The van der Waals surface area contributed by atoms with Crippen molar-refractivity contribution in [3.05, 3.63) is 74.5 Å². The number of nitrogens with one attached hydrogen (secondary N) is 1. The Morgan fingerprint density at radius 1 is 1.15 bits per heavy atom. The molecule has 132 valence electrons. The smallest absolute Gasteiger partial charge is 0.346 e. The first-order valence-electron chi connectivity index (χ1n) is 7.83. The van der Waals surface area contributed by atoms with E-state index < -0.39 is 11.5 Å². The minimum absolute atomic E-state index is 0.131. The molecule has 0 saturated carbocycles. The lowest BCUT2D eigenvalue weighted by Crippen LogP contribution is -2.23. The molecule has 0 radical (unpaired) electrons. The highest BCUT2D eigenvalue weighted by molar-refractivity contribution is 6.36. The molecular formula is C19H14Cl2N2O3. The summed E-state index contributed by atoms with van der Waals surface area (Å²) in [4.78, 5) is 32.1. The molecule has 0 unspecified atom stereocenters. The van der Waals surface area contributed by atoms with Crippen LogP contribution in [0.5, 0.6) is 0 Å². The Hall–Kier alpha value is -2.63. The van der Waals surface area contributed by atoms with Crippen LogP contribution < -0.4 is 5.56 Å². The lowest BCUT2D eigenvalue weighted by atomic mass is 10.1. The largest absolute Gasteiger partial charge is 0.462 e. The second kappa shape index (κ2) is 7.72. The van der Waals surface area contributed by atoms with Crippen LogP contribution in [0.4, 0.5) is 0 Å². The maximum absolute atomic E-state index is 12.6. The minimum Gasteiger partial charge on any atom is -0.462 e. The van der Waals surface area contributed by atoms with E-state index in [0.717, 1.165) is 0 Å². The zero-order chi connectivity index (χ0) is 18.7. The highest BCUT2D eigenvalue weighted by atomic mass is 35.5. The number of carbonyl (C=O) groups excluding carboxylic acids is 1. The molecule has 0 fully saturated rings. The van der Waals surface area contributed by atoms with Crippen LogP contribution in [0.1, 0.15) is 17.3 Å². The Labute approximate surface area is 159 Å². The van der Waals surface area contributed by atoms with Gasteiger partial charge in [0.15, 0.2) is 5.56 Å². The monoisotopic (exact) mass is 388 g/mol. The highest BCUT2D eigenvalue weighted by Gasteiger charge is 2.23. The molecule has 7 heteroatoms. The quantitative estimate of drug-likeness (QED) is 0.663. The van der Waals surface area contributed by atoms with E-state index in [-0.39, 0.29) is 22.9 Å².